The van der Waals surface area contributed by atoms with E-state index < -0.39 is 0 Å². The van der Waals surface area contributed by atoms with E-state index in [0.29, 0.717) is 0 Å². The van der Waals surface area contributed by atoms with Crippen LogP contribution in [-0.2, 0) is 4.74 Å². The maximum Gasteiger partial charge on any atom is 0.0433 e. The molecule has 0 spiro atoms. The number of rotatable bonds is 1. The molecule has 0 aliphatic carbocycles. The van der Waals surface area contributed by atoms with Crippen LogP contribution in [0.15, 0.2) is 30.3 Å². The molecule has 1 rings (SSSR count). The van der Waals surface area contributed by atoms with Gasteiger partial charge in [0.2, 0.25) is 0 Å². The van der Waals surface area contributed by atoms with E-state index in [9.17, 15) is 0 Å². The van der Waals surface area contributed by atoms with E-state index >= 15 is 0 Å². The number of aryl methyl sites for hydroxylation is 1. The number of hydrogen-bond acceptors (Lipinski definition) is 1. The molecule has 1 aromatic carbocycles. The Morgan fingerprint density at radius 1 is 1.08 bits per heavy atom. The molecule has 0 fully saturated rings. The Bertz CT molecular complexity index is 156. The van der Waals surface area contributed by atoms with Crippen molar-refractivity contribution in [3.8, 4) is 0 Å². The third-order valence-electron chi connectivity index (χ3n) is 1.23. The molecule has 1 aromatic rings. The molecule has 0 aliphatic heterocycles. The van der Waals surface area contributed by atoms with Crippen molar-refractivity contribution in [2.75, 3.05) is 13.7 Å². The van der Waals surface area contributed by atoms with E-state index in [2.05, 4.69) is 23.8 Å². The summed E-state index contributed by atoms with van der Waals surface area (Å²) < 4.78 is 4.54. The van der Waals surface area contributed by atoms with Gasteiger partial charge in [-0.3, -0.25) is 0 Å². The summed E-state index contributed by atoms with van der Waals surface area (Å²) in [6, 6.07) is 10.3. The van der Waals surface area contributed by atoms with Crippen molar-refractivity contribution in [2.24, 2.45) is 0 Å². The minimum Gasteiger partial charge on any atom is -0.385 e. The first-order chi connectivity index (χ1) is 6.31. The first-order valence-corrected chi connectivity index (χ1v) is 4.81. The van der Waals surface area contributed by atoms with Gasteiger partial charge < -0.3 is 4.74 Å². The van der Waals surface area contributed by atoms with Crippen LogP contribution in [-0.4, -0.2) is 13.7 Å². The van der Waals surface area contributed by atoms with Crippen molar-refractivity contribution in [1.82, 2.24) is 0 Å². The Balaban J connectivity index is 0. The Hall–Kier alpha value is -0.820. The van der Waals surface area contributed by atoms with Crippen molar-refractivity contribution in [3.63, 3.8) is 0 Å². The predicted molar refractivity (Wildman–Crippen MR) is 60.1 cm³/mol. The van der Waals surface area contributed by atoms with Crippen molar-refractivity contribution in [2.45, 2.75) is 27.7 Å². The lowest BCUT2D eigenvalue weighted by molar-refractivity contribution is 0.215. The van der Waals surface area contributed by atoms with Gasteiger partial charge in [0.25, 0.3) is 0 Å². The molecule has 1 heteroatoms. The highest BCUT2D eigenvalue weighted by molar-refractivity contribution is 5.11. The summed E-state index contributed by atoms with van der Waals surface area (Å²) >= 11 is 0. The zero-order chi connectivity index (χ0) is 10.5. The van der Waals surface area contributed by atoms with Gasteiger partial charge in [0, 0.05) is 13.7 Å². The Labute approximate surface area is 82.7 Å². The standard InChI is InChI=1S/C7H8.C3H8O.C2H6/c1-7-5-3-2-4-6-7;1-3-4-2;1-2/h2-6H,1H3;3H2,1-2H3;1-2H3. The van der Waals surface area contributed by atoms with Crippen molar-refractivity contribution >= 4 is 0 Å². The maximum atomic E-state index is 4.54. The van der Waals surface area contributed by atoms with Crippen LogP contribution in [0.4, 0.5) is 0 Å². The van der Waals surface area contributed by atoms with Crippen molar-refractivity contribution in [3.05, 3.63) is 35.9 Å². The molecule has 0 bridgehead atoms. The first-order valence-electron chi connectivity index (χ1n) is 4.81. The van der Waals surface area contributed by atoms with Gasteiger partial charge in [-0.05, 0) is 13.8 Å². The fourth-order valence-electron chi connectivity index (χ4n) is 0.534. The van der Waals surface area contributed by atoms with Crippen LogP contribution in [0.2, 0.25) is 0 Å². The molecular formula is C12H22O. The van der Waals surface area contributed by atoms with E-state index in [0.717, 1.165) is 6.61 Å². The summed E-state index contributed by atoms with van der Waals surface area (Å²) in [6.45, 7) is 8.86. The molecule has 0 atom stereocenters. The summed E-state index contributed by atoms with van der Waals surface area (Å²) in [7, 11) is 1.68. The maximum absolute atomic E-state index is 4.54. The average Bonchev–Trinajstić information content (AvgIpc) is 2.22. The monoisotopic (exact) mass is 182 g/mol. The lowest BCUT2D eigenvalue weighted by Crippen LogP contribution is -1.73. The SMILES string of the molecule is CC.CCOC.Cc1ccccc1. The van der Waals surface area contributed by atoms with Gasteiger partial charge in [-0.2, -0.15) is 0 Å². The summed E-state index contributed by atoms with van der Waals surface area (Å²) in [4.78, 5) is 0. The summed E-state index contributed by atoms with van der Waals surface area (Å²) in [6.07, 6.45) is 0. The van der Waals surface area contributed by atoms with Gasteiger partial charge in [0.1, 0.15) is 0 Å². The molecule has 0 amide bonds. The van der Waals surface area contributed by atoms with Crippen molar-refractivity contribution < 1.29 is 4.74 Å². The molecule has 13 heavy (non-hydrogen) atoms. The molecule has 0 saturated carbocycles. The third-order valence-corrected chi connectivity index (χ3v) is 1.23. The van der Waals surface area contributed by atoms with E-state index in [1.54, 1.807) is 7.11 Å². The van der Waals surface area contributed by atoms with E-state index in [4.69, 9.17) is 0 Å². The van der Waals surface area contributed by atoms with E-state index in [-0.39, 0.29) is 0 Å². The molecule has 0 aliphatic rings. The molecule has 0 heterocycles. The largest absolute Gasteiger partial charge is 0.385 e. The van der Waals surface area contributed by atoms with Crippen LogP contribution < -0.4 is 0 Å². The van der Waals surface area contributed by atoms with Gasteiger partial charge in [-0.1, -0.05) is 49.7 Å². The normalized spacial score (nSPS) is 7.46. The van der Waals surface area contributed by atoms with Crippen molar-refractivity contribution in [1.29, 1.82) is 0 Å². The second-order valence-electron chi connectivity index (χ2n) is 2.23. The van der Waals surface area contributed by atoms with Crippen LogP contribution in [0.1, 0.15) is 26.3 Å². The van der Waals surface area contributed by atoms with E-state index in [1.165, 1.54) is 5.56 Å². The lowest BCUT2D eigenvalue weighted by atomic mass is 10.2. The minimum atomic E-state index is 0.819. The average molecular weight is 182 g/mol. The molecule has 76 valence electrons. The summed E-state index contributed by atoms with van der Waals surface area (Å²) in [5.41, 5.74) is 1.32. The number of hydrogen-bond donors (Lipinski definition) is 0. The van der Waals surface area contributed by atoms with Gasteiger partial charge in [-0.15, -0.1) is 0 Å². The number of benzene rings is 1. The Morgan fingerprint density at radius 2 is 1.46 bits per heavy atom. The third kappa shape index (κ3) is 14.1. The molecule has 0 radical (unpaired) electrons. The smallest absolute Gasteiger partial charge is 0.0433 e. The number of ether oxygens (including phenoxy) is 1. The Morgan fingerprint density at radius 3 is 1.62 bits per heavy atom. The zero-order valence-electron chi connectivity index (χ0n) is 9.50. The fraction of sp³-hybridized carbons (Fsp3) is 0.500. The summed E-state index contributed by atoms with van der Waals surface area (Å²) in [5.74, 6) is 0. The molecule has 0 unspecified atom stereocenters. The van der Waals surface area contributed by atoms with Gasteiger partial charge in [0.15, 0.2) is 0 Å². The molecular weight excluding hydrogens is 160 g/mol. The highest BCUT2D eigenvalue weighted by Gasteiger charge is 1.72. The first kappa shape index (κ1) is 14.7. The lowest BCUT2D eigenvalue weighted by Gasteiger charge is -1.82. The predicted octanol–water partition coefficient (Wildman–Crippen LogP) is 3.67. The van der Waals surface area contributed by atoms with Crippen LogP contribution >= 0.6 is 0 Å². The van der Waals surface area contributed by atoms with Crippen LogP contribution in [0.25, 0.3) is 0 Å². The van der Waals surface area contributed by atoms with Gasteiger partial charge >= 0.3 is 0 Å². The highest BCUT2D eigenvalue weighted by Crippen LogP contribution is 1.92. The topological polar surface area (TPSA) is 9.23 Å². The van der Waals surface area contributed by atoms with Gasteiger partial charge in [-0.25, -0.2) is 0 Å². The van der Waals surface area contributed by atoms with Crippen LogP contribution in [0.5, 0.6) is 0 Å². The minimum absolute atomic E-state index is 0.819. The van der Waals surface area contributed by atoms with Gasteiger partial charge in [0.05, 0.1) is 0 Å². The zero-order valence-corrected chi connectivity index (χ0v) is 9.50. The fourth-order valence-corrected chi connectivity index (χ4v) is 0.534. The quantitative estimate of drug-likeness (QED) is 0.644. The van der Waals surface area contributed by atoms with Crippen LogP contribution in [0.3, 0.4) is 0 Å². The second-order valence-corrected chi connectivity index (χ2v) is 2.23. The highest BCUT2D eigenvalue weighted by atomic mass is 16.5. The Kier molecular flexibility index (Phi) is 15.5. The molecule has 0 saturated heterocycles. The van der Waals surface area contributed by atoms with E-state index in [1.807, 2.05) is 39.0 Å². The molecule has 0 N–H and O–H groups in total. The van der Waals surface area contributed by atoms with Crippen LogP contribution in [0, 0.1) is 6.92 Å². The molecule has 1 nitrogen and oxygen atoms in total. The number of methoxy groups -OCH3 is 1. The molecule has 0 aromatic heterocycles. The second kappa shape index (κ2) is 13.7. The summed E-state index contributed by atoms with van der Waals surface area (Å²) in [5, 5.41) is 0.